The van der Waals surface area contributed by atoms with Crippen molar-refractivity contribution >= 4 is 0 Å². The van der Waals surface area contributed by atoms with Crippen molar-refractivity contribution in [1.82, 2.24) is 5.32 Å². The third kappa shape index (κ3) is 2.27. The van der Waals surface area contributed by atoms with E-state index in [1.807, 2.05) is 0 Å². The van der Waals surface area contributed by atoms with Gasteiger partial charge in [0.2, 0.25) is 0 Å². The van der Waals surface area contributed by atoms with Gasteiger partial charge in [-0.25, -0.2) is 4.39 Å². The highest BCUT2D eigenvalue weighted by atomic mass is 19.1. The van der Waals surface area contributed by atoms with Gasteiger partial charge in [-0.1, -0.05) is 6.07 Å². The van der Waals surface area contributed by atoms with Crippen molar-refractivity contribution in [1.29, 1.82) is 0 Å². The summed E-state index contributed by atoms with van der Waals surface area (Å²) >= 11 is 0. The van der Waals surface area contributed by atoms with Crippen molar-refractivity contribution < 1.29 is 13.9 Å². The topological polar surface area (TPSA) is 30.5 Å². The molecule has 1 aromatic carbocycles. The predicted molar refractivity (Wildman–Crippen MR) is 54.5 cm³/mol. The lowest BCUT2D eigenvalue weighted by atomic mass is 10.1. The number of rotatable bonds is 2. The molecule has 15 heavy (non-hydrogen) atoms. The molecule has 1 saturated heterocycles. The molecular weight excluding hydrogens is 197 g/mol. The molecule has 1 aliphatic rings. The molecule has 0 radical (unpaired) electrons. The van der Waals surface area contributed by atoms with E-state index in [4.69, 9.17) is 9.47 Å². The number of methoxy groups -OCH3 is 1. The van der Waals surface area contributed by atoms with Crippen LogP contribution in [-0.2, 0) is 4.74 Å². The van der Waals surface area contributed by atoms with Crippen LogP contribution >= 0.6 is 0 Å². The summed E-state index contributed by atoms with van der Waals surface area (Å²) in [5, 5.41) is 3.30. The number of halogens is 1. The van der Waals surface area contributed by atoms with Gasteiger partial charge >= 0.3 is 0 Å². The highest BCUT2D eigenvalue weighted by Gasteiger charge is 2.16. The van der Waals surface area contributed by atoms with Gasteiger partial charge in [0.05, 0.1) is 26.4 Å². The lowest BCUT2D eigenvalue weighted by Gasteiger charge is -2.24. The molecule has 0 aliphatic carbocycles. The Hall–Kier alpha value is -1.13. The molecular formula is C11H14FNO2. The minimum atomic E-state index is -0.335. The molecule has 2 rings (SSSR count). The zero-order chi connectivity index (χ0) is 10.7. The third-order valence-electron chi connectivity index (χ3n) is 2.50. The van der Waals surface area contributed by atoms with Gasteiger partial charge in [0, 0.05) is 6.54 Å². The number of hydrogen-bond donors (Lipinski definition) is 1. The van der Waals surface area contributed by atoms with E-state index in [0.29, 0.717) is 6.61 Å². The standard InChI is InChI=1S/C11H14FNO2/c1-14-11-6-8(2-3-9(11)12)10-7-15-5-4-13-10/h2-3,6,10,13H,4-5,7H2,1H3/t10-/m1/s1. The predicted octanol–water partition coefficient (Wildman–Crippen LogP) is 1.50. The van der Waals surface area contributed by atoms with Gasteiger partial charge in [0.1, 0.15) is 0 Å². The molecule has 0 saturated carbocycles. The number of ether oxygens (including phenoxy) is 2. The summed E-state index contributed by atoms with van der Waals surface area (Å²) in [6.45, 7) is 2.17. The number of hydrogen-bond acceptors (Lipinski definition) is 3. The molecule has 0 aromatic heterocycles. The van der Waals surface area contributed by atoms with Crippen LogP contribution in [0.4, 0.5) is 4.39 Å². The molecule has 1 aromatic rings. The second kappa shape index (κ2) is 4.59. The highest BCUT2D eigenvalue weighted by Crippen LogP contribution is 2.23. The monoisotopic (exact) mass is 211 g/mol. The van der Waals surface area contributed by atoms with Crippen molar-refractivity contribution in [2.24, 2.45) is 0 Å². The van der Waals surface area contributed by atoms with Crippen LogP contribution in [0.25, 0.3) is 0 Å². The van der Waals surface area contributed by atoms with Crippen molar-refractivity contribution in [2.45, 2.75) is 6.04 Å². The van der Waals surface area contributed by atoms with E-state index in [2.05, 4.69) is 5.32 Å². The summed E-state index contributed by atoms with van der Waals surface area (Å²) in [4.78, 5) is 0. The van der Waals surface area contributed by atoms with Gasteiger partial charge in [-0.2, -0.15) is 0 Å². The van der Waals surface area contributed by atoms with Crippen LogP contribution in [0, 0.1) is 5.82 Å². The maximum atomic E-state index is 13.2. The fourth-order valence-electron chi connectivity index (χ4n) is 1.67. The molecule has 0 spiro atoms. The first kappa shape index (κ1) is 10.4. The van der Waals surface area contributed by atoms with Crippen molar-refractivity contribution in [3.05, 3.63) is 29.6 Å². The minimum absolute atomic E-state index is 0.133. The lowest BCUT2D eigenvalue weighted by Crippen LogP contribution is -2.34. The van der Waals surface area contributed by atoms with Gasteiger partial charge in [-0.05, 0) is 17.7 Å². The lowest BCUT2D eigenvalue weighted by molar-refractivity contribution is 0.0768. The Morgan fingerprint density at radius 3 is 3.07 bits per heavy atom. The zero-order valence-corrected chi connectivity index (χ0v) is 8.63. The summed E-state index contributed by atoms with van der Waals surface area (Å²) in [5.74, 6) is -0.0575. The van der Waals surface area contributed by atoms with Crippen LogP contribution in [0.1, 0.15) is 11.6 Å². The Morgan fingerprint density at radius 1 is 1.53 bits per heavy atom. The van der Waals surface area contributed by atoms with Crippen LogP contribution in [0.5, 0.6) is 5.75 Å². The van der Waals surface area contributed by atoms with E-state index >= 15 is 0 Å². The molecule has 1 aliphatic heterocycles. The van der Waals surface area contributed by atoms with Gasteiger partial charge < -0.3 is 14.8 Å². The Bertz CT molecular complexity index is 337. The van der Waals surface area contributed by atoms with Gasteiger partial charge in [0.25, 0.3) is 0 Å². The molecule has 0 bridgehead atoms. The maximum absolute atomic E-state index is 13.2. The first-order valence-electron chi connectivity index (χ1n) is 4.96. The summed E-state index contributed by atoms with van der Waals surface area (Å²) in [7, 11) is 1.47. The normalized spacial score (nSPS) is 21.3. The fraction of sp³-hybridized carbons (Fsp3) is 0.455. The van der Waals surface area contributed by atoms with Crippen LogP contribution in [0.15, 0.2) is 18.2 Å². The quantitative estimate of drug-likeness (QED) is 0.804. The van der Waals surface area contributed by atoms with E-state index in [1.54, 1.807) is 12.1 Å². The molecule has 1 N–H and O–H groups in total. The average molecular weight is 211 g/mol. The van der Waals surface area contributed by atoms with Crippen molar-refractivity contribution in [2.75, 3.05) is 26.9 Å². The van der Waals surface area contributed by atoms with Gasteiger partial charge in [-0.3, -0.25) is 0 Å². The Kier molecular flexibility index (Phi) is 3.18. The molecule has 1 fully saturated rings. The third-order valence-corrected chi connectivity index (χ3v) is 2.50. The first-order valence-corrected chi connectivity index (χ1v) is 4.96. The van der Waals surface area contributed by atoms with Crippen LogP contribution in [-0.4, -0.2) is 26.9 Å². The van der Waals surface area contributed by atoms with E-state index in [-0.39, 0.29) is 17.6 Å². The molecule has 1 heterocycles. The SMILES string of the molecule is COc1cc([C@H]2COCCN2)ccc1F. The molecule has 1 atom stereocenters. The molecule has 0 amide bonds. The highest BCUT2D eigenvalue weighted by molar-refractivity contribution is 5.32. The fourth-order valence-corrected chi connectivity index (χ4v) is 1.67. The summed E-state index contributed by atoms with van der Waals surface area (Å²) in [6, 6.07) is 5.02. The number of morpholine rings is 1. The molecule has 4 heteroatoms. The van der Waals surface area contributed by atoms with Crippen LogP contribution in [0.3, 0.4) is 0 Å². The number of nitrogens with one attached hydrogen (secondary N) is 1. The summed E-state index contributed by atoms with van der Waals surface area (Å²) < 4.78 is 23.4. The van der Waals surface area contributed by atoms with E-state index < -0.39 is 0 Å². The number of benzene rings is 1. The van der Waals surface area contributed by atoms with Gasteiger partial charge in [-0.15, -0.1) is 0 Å². The summed E-state index contributed by atoms with van der Waals surface area (Å²) in [6.07, 6.45) is 0. The summed E-state index contributed by atoms with van der Waals surface area (Å²) in [5.41, 5.74) is 0.993. The molecule has 82 valence electrons. The van der Waals surface area contributed by atoms with E-state index in [9.17, 15) is 4.39 Å². The molecule has 0 unspecified atom stereocenters. The maximum Gasteiger partial charge on any atom is 0.165 e. The van der Waals surface area contributed by atoms with Crippen molar-refractivity contribution in [3.63, 3.8) is 0 Å². The van der Waals surface area contributed by atoms with Crippen molar-refractivity contribution in [3.8, 4) is 5.75 Å². The van der Waals surface area contributed by atoms with E-state index in [0.717, 1.165) is 18.7 Å². The Balaban J connectivity index is 2.20. The smallest absolute Gasteiger partial charge is 0.165 e. The minimum Gasteiger partial charge on any atom is -0.494 e. The Morgan fingerprint density at radius 2 is 2.40 bits per heavy atom. The second-order valence-corrected chi connectivity index (χ2v) is 3.48. The second-order valence-electron chi connectivity index (χ2n) is 3.48. The zero-order valence-electron chi connectivity index (χ0n) is 8.63. The van der Waals surface area contributed by atoms with Crippen LogP contribution < -0.4 is 10.1 Å². The molecule has 3 nitrogen and oxygen atoms in total. The Labute approximate surface area is 88.2 Å². The van der Waals surface area contributed by atoms with Crippen LogP contribution in [0.2, 0.25) is 0 Å². The largest absolute Gasteiger partial charge is 0.494 e. The van der Waals surface area contributed by atoms with E-state index in [1.165, 1.54) is 13.2 Å². The first-order chi connectivity index (χ1) is 7.31. The van der Waals surface area contributed by atoms with Gasteiger partial charge in [0.15, 0.2) is 11.6 Å². The average Bonchev–Trinajstić information content (AvgIpc) is 2.31.